The van der Waals surface area contributed by atoms with Gasteiger partial charge in [-0.1, -0.05) is 11.8 Å². The number of ether oxygens (including phenoxy) is 1. The second-order valence-electron chi connectivity index (χ2n) is 6.00. The molecule has 2 rings (SSSR count). The van der Waals surface area contributed by atoms with Crippen LogP contribution in [0.15, 0.2) is 33.9 Å². The lowest BCUT2D eigenvalue weighted by atomic mass is 10.3. The molecule has 0 spiro atoms. The fraction of sp³-hybridized carbons (Fsp3) is 0.412. The predicted octanol–water partition coefficient (Wildman–Crippen LogP) is 3.06. The number of benzene rings is 1. The van der Waals surface area contributed by atoms with Gasteiger partial charge in [0.05, 0.1) is 5.25 Å². The van der Waals surface area contributed by atoms with Gasteiger partial charge in [-0.25, -0.2) is 9.18 Å². The fourth-order valence-corrected chi connectivity index (χ4v) is 2.61. The Hall–Kier alpha value is -2.62. The number of amides is 3. The van der Waals surface area contributed by atoms with E-state index in [0.29, 0.717) is 5.75 Å². The van der Waals surface area contributed by atoms with Gasteiger partial charge in [0.15, 0.2) is 6.10 Å². The summed E-state index contributed by atoms with van der Waals surface area (Å²) in [7, 11) is 0. The molecule has 0 bridgehead atoms. The van der Waals surface area contributed by atoms with E-state index < -0.39 is 23.3 Å². The lowest BCUT2D eigenvalue weighted by molar-refractivity contribution is -0.119. The van der Waals surface area contributed by atoms with Crippen LogP contribution in [0.5, 0.6) is 5.75 Å². The van der Waals surface area contributed by atoms with Crippen LogP contribution < -0.4 is 15.4 Å². The number of rotatable bonds is 7. The Kier molecular flexibility index (Phi) is 7.17. The SMILES string of the molecule is CC(C)NC(=O)NC(=O)[C@@H](C)Sc1nnc([C@@H](C)Oc2ccc(F)cc2)o1. The summed E-state index contributed by atoms with van der Waals surface area (Å²) in [4.78, 5) is 23.6. The minimum atomic E-state index is -0.621. The zero-order chi connectivity index (χ0) is 20.0. The van der Waals surface area contributed by atoms with Crippen LogP contribution >= 0.6 is 11.8 Å². The highest BCUT2D eigenvalue weighted by Gasteiger charge is 2.22. The van der Waals surface area contributed by atoms with Crippen molar-refractivity contribution in [1.82, 2.24) is 20.8 Å². The molecule has 0 unspecified atom stereocenters. The standard InChI is InChI=1S/C17H21FN4O4S/c1-9(2)19-16(24)20-14(23)11(4)27-17-22-21-15(26-17)10(3)25-13-7-5-12(18)6-8-13/h5-11H,1-4H3,(H2,19,20,23,24)/t10-,11-/m1/s1. The van der Waals surface area contributed by atoms with Gasteiger partial charge in [-0.15, -0.1) is 10.2 Å². The molecule has 0 fully saturated rings. The number of hydrogen-bond donors (Lipinski definition) is 2. The number of urea groups is 1. The van der Waals surface area contributed by atoms with Crippen LogP contribution in [0.1, 0.15) is 39.7 Å². The third-order valence-corrected chi connectivity index (χ3v) is 4.13. The Bertz CT molecular complexity index is 781. The molecule has 3 amide bonds. The fourth-order valence-electron chi connectivity index (χ4n) is 1.92. The molecule has 0 aliphatic rings. The Morgan fingerprint density at radius 3 is 2.44 bits per heavy atom. The number of nitrogens with zero attached hydrogens (tertiary/aromatic N) is 2. The molecular formula is C17H21FN4O4S. The summed E-state index contributed by atoms with van der Waals surface area (Å²) in [6.45, 7) is 6.90. The maximum Gasteiger partial charge on any atom is 0.321 e. The Morgan fingerprint density at radius 1 is 1.15 bits per heavy atom. The second kappa shape index (κ2) is 9.36. The number of carbonyl (C=O) groups excluding carboxylic acids is 2. The molecule has 0 saturated heterocycles. The van der Waals surface area contributed by atoms with Gasteiger partial charge in [0.1, 0.15) is 11.6 Å². The first-order valence-corrected chi connectivity index (χ1v) is 9.16. The molecule has 1 heterocycles. The third kappa shape index (κ3) is 6.55. The molecule has 2 aromatic rings. The normalized spacial score (nSPS) is 13.1. The monoisotopic (exact) mass is 396 g/mol. The molecule has 1 aromatic carbocycles. The highest BCUT2D eigenvalue weighted by Crippen LogP contribution is 2.26. The lowest BCUT2D eigenvalue weighted by Gasteiger charge is -2.12. The molecular weight excluding hydrogens is 375 g/mol. The Labute approximate surface area is 160 Å². The summed E-state index contributed by atoms with van der Waals surface area (Å²) < 4.78 is 24.0. The van der Waals surface area contributed by atoms with Gasteiger partial charge in [-0.05, 0) is 52.0 Å². The first-order chi connectivity index (χ1) is 12.7. The molecule has 0 aliphatic heterocycles. The highest BCUT2D eigenvalue weighted by atomic mass is 32.2. The van der Waals surface area contributed by atoms with E-state index in [1.165, 1.54) is 24.3 Å². The van der Waals surface area contributed by atoms with E-state index in [4.69, 9.17) is 9.15 Å². The smallest absolute Gasteiger partial charge is 0.321 e. The topological polar surface area (TPSA) is 106 Å². The van der Waals surface area contributed by atoms with Crippen LogP contribution in [0.3, 0.4) is 0 Å². The lowest BCUT2D eigenvalue weighted by Crippen LogP contribution is -2.45. The van der Waals surface area contributed by atoms with E-state index in [-0.39, 0.29) is 23.0 Å². The first kappa shape index (κ1) is 20.7. The minimum Gasteiger partial charge on any atom is -0.481 e. The van der Waals surface area contributed by atoms with Crippen LogP contribution in [0.2, 0.25) is 0 Å². The van der Waals surface area contributed by atoms with E-state index in [1.54, 1.807) is 27.7 Å². The van der Waals surface area contributed by atoms with Crippen LogP contribution in [-0.2, 0) is 4.79 Å². The number of carbonyl (C=O) groups is 2. The Morgan fingerprint density at radius 2 is 1.81 bits per heavy atom. The van der Waals surface area contributed by atoms with Gasteiger partial charge in [-0.3, -0.25) is 10.1 Å². The van der Waals surface area contributed by atoms with Gasteiger partial charge in [0.25, 0.3) is 11.1 Å². The highest BCUT2D eigenvalue weighted by molar-refractivity contribution is 8.00. The zero-order valence-electron chi connectivity index (χ0n) is 15.4. The summed E-state index contributed by atoms with van der Waals surface area (Å²) in [5, 5.41) is 12.1. The van der Waals surface area contributed by atoms with Gasteiger partial charge < -0.3 is 14.5 Å². The third-order valence-electron chi connectivity index (χ3n) is 3.20. The van der Waals surface area contributed by atoms with Crippen LogP contribution in [0.25, 0.3) is 0 Å². The van der Waals surface area contributed by atoms with Crippen molar-refractivity contribution >= 4 is 23.7 Å². The van der Waals surface area contributed by atoms with E-state index in [2.05, 4.69) is 20.8 Å². The quantitative estimate of drug-likeness (QED) is 0.693. The van der Waals surface area contributed by atoms with Gasteiger partial charge >= 0.3 is 6.03 Å². The average Bonchev–Trinajstić information content (AvgIpc) is 3.04. The molecule has 146 valence electrons. The molecule has 2 N–H and O–H groups in total. The molecule has 2 atom stereocenters. The minimum absolute atomic E-state index is 0.0816. The van der Waals surface area contributed by atoms with E-state index in [1.807, 2.05) is 0 Å². The average molecular weight is 396 g/mol. The molecule has 0 aliphatic carbocycles. The van der Waals surface area contributed by atoms with E-state index >= 15 is 0 Å². The summed E-state index contributed by atoms with van der Waals surface area (Å²) in [5.41, 5.74) is 0. The largest absolute Gasteiger partial charge is 0.481 e. The second-order valence-corrected chi connectivity index (χ2v) is 7.29. The zero-order valence-corrected chi connectivity index (χ0v) is 16.2. The van der Waals surface area contributed by atoms with Crippen molar-refractivity contribution in [3.8, 4) is 5.75 Å². The molecule has 0 saturated carbocycles. The van der Waals surface area contributed by atoms with E-state index in [9.17, 15) is 14.0 Å². The molecule has 1 aromatic heterocycles. The van der Waals surface area contributed by atoms with Crippen molar-refractivity contribution in [2.24, 2.45) is 0 Å². The number of imide groups is 1. The first-order valence-electron chi connectivity index (χ1n) is 8.28. The Balaban J connectivity index is 1.89. The number of thioether (sulfide) groups is 1. The molecule has 8 nitrogen and oxygen atoms in total. The van der Waals surface area contributed by atoms with Crippen LogP contribution in [-0.4, -0.2) is 33.4 Å². The summed E-state index contributed by atoms with van der Waals surface area (Å²) in [6, 6.07) is 4.91. The number of hydrogen-bond acceptors (Lipinski definition) is 7. The molecule has 27 heavy (non-hydrogen) atoms. The maximum atomic E-state index is 12.9. The van der Waals surface area contributed by atoms with Gasteiger partial charge in [-0.2, -0.15) is 0 Å². The van der Waals surface area contributed by atoms with Gasteiger partial charge in [0.2, 0.25) is 5.91 Å². The summed E-state index contributed by atoms with van der Waals surface area (Å²) in [5.74, 6) is -0.165. The van der Waals surface area contributed by atoms with Crippen molar-refractivity contribution in [3.05, 3.63) is 36.0 Å². The molecule has 0 radical (unpaired) electrons. The maximum absolute atomic E-state index is 12.9. The number of aromatic nitrogens is 2. The summed E-state index contributed by atoms with van der Waals surface area (Å²) in [6.07, 6.45) is -0.557. The van der Waals surface area contributed by atoms with Crippen LogP contribution in [0.4, 0.5) is 9.18 Å². The number of halogens is 1. The van der Waals surface area contributed by atoms with E-state index in [0.717, 1.165) is 11.8 Å². The summed E-state index contributed by atoms with van der Waals surface area (Å²) >= 11 is 1.02. The van der Waals surface area contributed by atoms with Crippen molar-refractivity contribution in [3.63, 3.8) is 0 Å². The van der Waals surface area contributed by atoms with Gasteiger partial charge in [0, 0.05) is 6.04 Å². The van der Waals surface area contributed by atoms with Crippen molar-refractivity contribution in [2.75, 3.05) is 0 Å². The predicted molar refractivity (Wildman–Crippen MR) is 96.9 cm³/mol. The van der Waals surface area contributed by atoms with Crippen LogP contribution in [0, 0.1) is 5.82 Å². The van der Waals surface area contributed by atoms with Crippen molar-refractivity contribution in [1.29, 1.82) is 0 Å². The van der Waals surface area contributed by atoms with Crippen molar-refractivity contribution in [2.45, 2.75) is 50.3 Å². The number of nitrogens with one attached hydrogen (secondary N) is 2. The molecule has 10 heteroatoms. The van der Waals surface area contributed by atoms with Crippen molar-refractivity contribution < 1.29 is 23.1 Å².